The van der Waals surface area contributed by atoms with Crippen molar-refractivity contribution in [1.29, 1.82) is 0 Å². The number of anilines is 1. The fraction of sp³-hybridized carbons (Fsp3) is 0. The van der Waals surface area contributed by atoms with E-state index in [9.17, 15) is 4.79 Å². The first kappa shape index (κ1) is 13.7. The number of para-hydroxylation sites is 1. The average molecular weight is 292 g/mol. The fourth-order valence-electron chi connectivity index (χ4n) is 1.63. The van der Waals surface area contributed by atoms with Crippen LogP contribution < -0.4 is 5.73 Å². The Kier molecular flexibility index (Phi) is 4.25. The number of carbonyl (C=O) groups is 1. The number of nitrogens with two attached hydrogens (primary N) is 1. The van der Waals surface area contributed by atoms with E-state index in [0.29, 0.717) is 16.8 Å². The van der Waals surface area contributed by atoms with Crippen molar-refractivity contribution < 1.29 is 4.79 Å². The number of rotatable bonds is 3. The van der Waals surface area contributed by atoms with Crippen LogP contribution >= 0.6 is 23.2 Å². The topological polar surface area (TPSA) is 43.1 Å². The number of hydrogen-bond donors (Lipinski definition) is 1. The van der Waals surface area contributed by atoms with Gasteiger partial charge in [-0.1, -0.05) is 71.7 Å². The van der Waals surface area contributed by atoms with Crippen LogP contribution in [-0.4, -0.2) is 5.78 Å². The third-order valence-electron chi connectivity index (χ3n) is 2.63. The summed E-state index contributed by atoms with van der Waals surface area (Å²) in [6.07, 6.45) is 0. The largest absolute Gasteiger partial charge is 0.398 e. The van der Waals surface area contributed by atoms with Gasteiger partial charge in [0.15, 0.2) is 0 Å². The van der Waals surface area contributed by atoms with E-state index in [-0.39, 0.29) is 15.8 Å². The van der Waals surface area contributed by atoms with E-state index in [4.69, 9.17) is 28.9 Å². The molecule has 0 aromatic heterocycles. The summed E-state index contributed by atoms with van der Waals surface area (Å²) in [4.78, 5) is 12.2. The molecule has 0 aliphatic rings. The Balaban J connectivity index is 2.42. The minimum atomic E-state index is -0.324. The van der Waals surface area contributed by atoms with Crippen LogP contribution in [0.4, 0.5) is 5.69 Å². The summed E-state index contributed by atoms with van der Waals surface area (Å²) in [5, 5.41) is 0.124. The number of allylic oxidation sites excluding steroid dienone is 1. The Morgan fingerprint density at radius 1 is 0.895 bits per heavy atom. The Bertz CT molecular complexity index is 636. The zero-order chi connectivity index (χ0) is 13.8. The normalized spacial score (nSPS) is 11.9. The summed E-state index contributed by atoms with van der Waals surface area (Å²) in [7, 11) is 0. The predicted molar refractivity (Wildman–Crippen MR) is 80.3 cm³/mol. The molecular weight excluding hydrogens is 281 g/mol. The molecule has 2 rings (SSSR count). The molecule has 0 unspecified atom stereocenters. The molecule has 0 radical (unpaired) electrons. The summed E-state index contributed by atoms with van der Waals surface area (Å²) < 4.78 is 0. The lowest BCUT2D eigenvalue weighted by atomic mass is 10.1. The number of benzene rings is 2. The number of Topliss-reactive ketones (excluding diaryl/α,β-unsaturated/α-hetero) is 1. The van der Waals surface area contributed by atoms with E-state index in [1.807, 2.05) is 6.07 Å². The monoisotopic (exact) mass is 291 g/mol. The van der Waals surface area contributed by atoms with Crippen LogP contribution in [0, 0.1) is 0 Å². The highest BCUT2D eigenvalue weighted by molar-refractivity contribution is 6.61. The van der Waals surface area contributed by atoms with Crippen molar-refractivity contribution in [3.63, 3.8) is 0 Å². The molecule has 96 valence electrons. The van der Waals surface area contributed by atoms with Gasteiger partial charge in [0.05, 0.1) is 5.03 Å². The number of hydrogen-bond acceptors (Lipinski definition) is 2. The van der Waals surface area contributed by atoms with Crippen LogP contribution in [0.2, 0.25) is 0 Å². The molecule has 2 nitrogen and oxygen atoms in total. The van der Waals surface area contributed by atoms with Gasteiger partial charge in [-0.3, -0.25) is 4.79 Å². The second-order valence-electron chi connectivity index (χ2n) is 3.91. The zero-order valence-electron chi connectivity index (χ0n) is 9.94. The minimum absolute atomic E-state index is 0.0363. The highest BCUT2D eigenvalue weighted by atomic mass is 35.5. The molecule has 0 saturated heterocycles. The van der Waals surface area contributed by atoms with E-state index in [1.54, 1.807) is 48.5 Å². The van der Waals surface area contributed by atoms with Crippen molar-refractivity contribution >= 4 is 39.7 Å². The van der Waals surface area contributed by atoms with Crippen molar-refractivity contribution in [3.8, 4) is 0 Å². The van der Waals surface area contributed by atoms with Crippen molar-refractivity contribution in [1.82, 2.24) is 0 Å². The second-order valence-corrected chi connectivity index (χ2v) is 4.67. The average Bonchev–Trinajstić information content (AvgIpc) is 2.46. The molecule has 0 amide bonds. The van der Waals surface area contributed by atoms with Crippen LogP contribution in [0.1, 0.15) is 15.9 Å². The Labute approximate surface area is 121 Å². The van der Waals surface area contributed by atoms with Gasteiger partial charge in [-0.05, 0) is 6.07 Å². The van der Waals surface area contributed by atoms with E-state index in [1.165, 1.54) is 0 Å². The molecule has 0 spiro atoms. The van der Waals surface area contributed by atoms with E-state index in [0.717, 1.165) is 0 Å². The maximum absolute atomic E-state index is 12.2. The van der Waals surface area contributed by atoms with E-state index >= 15 is 0 Å². The predicted octanol–water partition coefficient (Wildman–Crippen LogP) is 4.30. The van der Waals surface area contributed by atoms with Crippen LogP contribution in [0.5, 0.6) is 0 Å². The van der Waals surface area contributed by atoms with Gasteiger partial charge in [0.25, 0.3) is 0 Å². The molecule has 0 heterocycles. The van der Waals surface area contributed by atoms with Gasteiger partial charge in [-0.15, -0.1) is 0 Å². The molecule has 0 aliphatic heterocycles. The van der Waals surface area contributed by atoms with Gasteiger partial charge in [0.1, 0.15) is 5.03 Å². The molecule has 0 aliphatic carbocycles. The zero-order valence-corrected chi connectivity index (χ0v) is 11.4. The van der Waals surface area contributed by atoms with Gasteiger partial charge in [-0.25, -0.2) is 0 Å². The van der Waals surface area contributed by atoms with Crippen molar-refractivity contribution in [2.75, 3.05) is 5.73 Å². The molecule has 2 aromatic carbocycles. The lowest BCUT2D eigenvalue weighted by Gasteiger charge is -2.06. The molecule has 0 bridgehead atoms. The molecule has 2 N–H and O–H groups in total. The smallest absolute Gasteiger partial charge is 0.205 e. The van der Waals surface area contributed by atoms with E-state index < -0.39 is 0 Å². The first-order valence-electron chi connectivity index (χ1n) is 5.61. The first-order valence-corrected chi connectivity index (χ1v) is 6.36. The fourth-order valence-corrected chi connectivity index (χ4v) is 2.10. The van der Waals surface area contributed by atoms with E-state index in [2.05, 4.69) is 0 Å². The van der Waals surface area contributed by atoms with Crippen molar-refractivity contribution in [2.24, 2.45) is 0 Å². The quantitative estimate of drug-likeness (QED) is 0.520. The molecular formula is C15H11Cl2NO. The Morgan fingerprint density at radius 3 is 2.11 bits per heavy atom. The standard InChI is InChI=1S/C15H11Cl2NO/c16-13(11-8-4-5-9-12(11)18)14(17)15(19)10-6-2-1-3-7-10/h1-9H,18H2. The number of carbonyl (C=O) groups excluding carboxylic acids is 1. The van der Waals surface area contributed by atoms with Crippen LogP contribution in [0.25, 0.3) is 5.03 Å². The summed E-state index contributed by atoms with van der Waals surface area (Å²) >= 11 is 12.2. The third-order valence-corrected chi connectivity index (χ3v) is 3.48. The minimum Gasteiger partial charge on any atom is -0.398 e. The second kappa shape index (κ2) is 5.91. The summed E-state index contributed by atoms with van der Waals surface area (Å²) in [6.45, 7) is 0. The molecule has 0 saturated carbocycles. The Morgan fingerprint density at radius 2 is 1.47 bits per heavy atom. The summed E-state index contributed by atoms with van der Waals surface area (Å²) in [6, 6.07) is 15.7. The Hall–Kier alpha value is -1.77. The van der Waals surface area contributed by atoms with Gasteiger partial charge < -0.3 is 5.73 Å². The molecule has 19 heavy (non-hydrogen) atoms. The number of ketones is 1. The van der Waals surface area contributed by atoms with Gasteiger partial charge in [0, 0.05) is 16.8 Å². The maximum atomic E-state index is 12.2. The van der Waals surface area contributed by atoms with Gasteiger partial charge in [0.2, 0.25) is 5.78 Å². The van der Waals surface area contributed by atoms with Crippen LogP contribution in [0.3, 0.4) is 0 Å². The molecule has 0 atom stereocenters. The number of nitrogen functional groups attached to an aromatic ring is 1. The summed E-state index contributed by atoms with van der Waals surface area (Å²) in [5.74, 6) is -0.324. The third kappa shape index (κ3) is 2.98. The van der Waals surface area contributed by atoms with Crippen molar-refractivity contribution in [2.45, 2.75) is 0 Å². The molecule has 4 heteroatoms. The van der Waals surface area contributed by atoms with Crippen LogP contribution in [-0.2, 0) is 0 Å². The maximum Gasteiger partial charge on any atom is 0.205 e. The SMILES string of the molecule is Nc1ccccc1C(Cl)=C(Cl)C(=O)c1ccccc1. The summed E-state index contributed by atoms with van der Waals surface area (Å²) in [5.41, 5.74) is 7.33. The van der Waals surface area contributed by atoms with Gasteiger partial charge >= 0.3 is 0 Å². The highest BCUT2D eigenvalue weighted by Gasteiger charge is 2.16. The van der Waals surface area contributed by atoms with Crippen LogP contribution in [0.15, 0.2) is 59.6 Å². The van der Waals surface area contributed by atoms with Crippen molar-refractivity contribution in [3.05, 3.63) is 70.8 Å². The molecule has 0 fully saturated rings. The number of halogens is 2. The lowest BCUT2D eigenvalue weighted by Crippen LogP contribution is -2.01. The lowest BCUT2D eigenvalue weighted by molar-refractivity contribution is 0.104. The molecule has 2 aromatic rings. The van der Waals surface area contributed by atoms with Gasteiger partial charge in [-0.2, -0.15) is 0 Å². The highest BCUT2D eigenvalue weighted by Crippen LogP contribution is 2.31. The first-order chi connectivity index (χ1) is 9.11.